The van der Waals surface area contributed by atoms with Gasteiger partial charge in [0.2, 0.25) is 0 Å². The highest BCUT2D eigenvalue weighted by atomic mass is 16.1. The average Bonchev–Trinajstić information content (AvgIpc) is 3.28. The summed E-state index contributed by atoms with van der Waals surface area (Å²) in [7, 11) is 1.85. The highest BCUT2D eigenvalue weighted by molar-refractivity contribution is 5.96. The number of carbonyl (C=O) groups excluding carboxylic acids is 1. The first-order valence-electron chi connectivity index (χ1n) is 8.00. The van der Waals surface area contributed by atoms with Crippen LogP contribution >= 0.6 is 0 Å². The molecule has 3 aromatic heterocycles. The molecule has 124 valence electrons. The first kappa shape index (κ1) is 15.1. The van der Waals surface area contributed by atoms with Crippen LogP contribution in [-0.2, 0) is 13.6 Å². The third-order valence-corrected chi connectivity index (χ3v) is 4.10. The standard InChI is InChI=1S/C19H17N5O/c1-24-11-8-15(23-24)12-22-19(25)14-4-2-13(3-5-14)18-16-6-9-20-17(16)7-10-21-18/h2-11,20H,12H2,1H3,(H,22,25). The van der Waals surface area contributed by atoms with Gasteiger partial charge >= 0.3 is 0 Å². The first-order valence-corrected chi connectivity index (χ1v) is 8.00. The number of hydrogen-bond acceptors (Lipinski definition) is 3. The molecule has 0 unspecified atom stereocenters. The van der Waals surface area contributed by atoms with E-state index in [1.807, 2.05) is 61.9 Å². The molecule has 0 aliphatic rings. The number of rotatable bonds is 4. The fraction of sp³-hybridized carbons (Fsp3) is 0.105. The van der Waals surface area contributed by atoms with Crippen molar-refractivity contribution in [1.29, 1.82) is 0 Å². The molecule has 4 rings (SSSR count). The second-order valence-corrected chi connectivity index (χ2v) is 5.84. The average molecular weight is 331 g/mol. The molecule has 2 N–H and O–H groups in total. The van der Waals surface area contributed by atoms with E-state index < -0.39 is 0 Å². The lowest BCUT2D eigenvalue weighted by molar-refractivity contribution is 0.0950. The topological polar surface area (TPSA) is 75.6 Å². The van der Waals surface area contributed by atoms with Crippen LogP contribution in [0.2, 0.25) is 0 Å². The van der Waals surface area contributed by atoms with Gasteiger partial charge in [-0.2, -0.15) is 5.10 Å². The van der Waals surface area contributed by atoms with E-state index in [0.29, 0.717) is 12.1 Å². The van der Waals surface area contributed by atoms with Gasteiger partial charge in [0.25, 0.3) is 5.91 Å². The number of aromatic nitrogens is 4. The predicted molar refractivity (Wildman–Crippen MR) is 95.9 cm³/mol. The summed E-state index contributed by atoms with van der Waals surface area (Å²) in [6, 6.07) is 13.3. The quantitative estimate of drug-likeness (QED) is 0.604. The van der Waals surface area contributed by atoms with Crippen LogP contribution < -0.4 is 5.32 Å². The van der Waals surface area contributed by atoms with E-state index >= 15 is 0 Å². The molecule has 0 aliphatic heterocycles. The molecule has 6 heteroatoms. The van der Waals surface area contributed by atoms with Crippen molar-refractivity contribution >= 4 is 16.8 Å². The minimum atomic E-state index is -0.120. The lowest BCUT2D eigenvalue weighted by Crippen LogP contribution is -2.23. The Kier molecular flexibility index (Phi) is 3.78. The van der Waals surface area contributed by atoms with Crippen LogP contribution in [0.15, 0.2) is 61.1 Å². The molecular weight excluding hydrogens is 314 g/mol. The van der Waals surface area contributed by atoms with Gasteiger partial charge in [0, 0.05) is 47.7 Å². The molecule has 0 saturated heterocycles. The molecule has 0 bridgehead atoms. The van der Waals surface area contributed by atoms with E-state index in [4.69, 9.17) is 0 Å². The van der Waals surface area contributed by atoms with Crippen molar-refractivity contribution in [3.05, 3.63) is 72.3 Å². The van der Waals surface area contributed by atoms with E-state index in [1.165, 1.54) is 0 Å². The summed E-state index contributed by atoms with van der Waals surface area (Å²) in [4.78, 5) is 19.9. The Balaban J connectivity index is 1.51. The molecule has 0 aliphatic carbocycles. The van der Waals surface area contributed by atoms with Crippen molar-refractivity contribution in [2.45, 2.75) is 6.54 Å². The Labute approximate surface area is 144 Å². The summed E-state index contributed by atoms with van der Waals surface area (Å²) in [6.07, 6.45) is 5.53. The minimum Gasteiger partial charge on any atom is -0.361 e. The van der Waals surface area contributed by atoms with Crippen molar-refractivity contribution in [3.8, 4) is 11.3 Å². The van der Waals surface area contributed by atoms with Crippen molar-refractivity contribution in [2.24, 2.45) is 7.05 Å². The van der Waals surface area contributed by atoms with E-state index in [2.05, 4.69) is 20.4 Å². The number of H-pyrrole nitrogens is 1. The fourth-order valence-corrected chi connectivity index (χ4v) is 2.82. The maximum atomic E-state index is 12.3. The normalized spacial score (nSPS) is 10.9. The predicted octanol–water partition coefficient (Wildman–Crippen LogP) is 2.89. The first-order chi connectivity index (χ1) is 12.2. The van der Waals surface area contributed by atoms with Gasteiger partial charge in [-0.3, -0.25) is 14.5 Å². The number of carbonyl (C=O) groups is 1. The molecule has 1 aromatic carbocycles. The van der Waals surface area contributed by atoms with Crippen LogP contribution in [-0.4, -0.2) is 25.7 Å². The smallest absolute Gasteiger partial charge is 0.251 e. The van der Waals surface area contributed by atoms with Crippen LogP contribution in [0, 0.1) is 0 Å². The number of nitrogens with one attached hydrogen (secondary N) is 2. The van der Waals surface area contributed by atoms with Crippen LogP contribution in [0.4, 0.5) is 0 Å². The summed E-state index contributed by atoms with van der Waals surface area (Å²) < 4.78 is 1.71. The number of nitrogens with zero attached hydrogens (tertiary/aromatic N) is 3. The molecule has 0 fully saturated rings. The van der Waals surface area contributed by atoms with Gasteiger partial charge < -0.3 is 10.3 Å². The van der Waals surface area contributed by atoms with Gasteiger partial charge in [-0.25, -0.2) is 0 Å². The maximum Gasteiger partial charge on any atom is 0.251 e. The third-order valence-electron chi connectivity index (χ3n) is 4.10. The molecule has 6 nitrogen and oxygen atoms in total. The maximum absolute atomic E-state index is 12.3. The Morgan fingerprint density at radius 1 is 1.16 bits per heavy atom. The number of pyridine rings is 1. The van der Waals surface area contributed by atoms with Crippen molar-refractivity contribution in [2.75, 3.05) is 0 Å². The van der Waals surface area contributed by atoms with Gasteiger partial charge in [0.05, 0.1) is 17.9 Å². The van der Waals surface area contributed by atoms with Gasteiger partial charge in [-0.1, -0.05) is 12.1 Å². The highest BCUT2D eigenvalue weighted by Gasteiger charge is 2.09. The zero-order valence-corrected chi connectivity index (χ0v) is 13.7. The van der Waals surface area contributed by atoms with Crippen LogP contribution in [0.3, 0.4) is 0 Å². The Morgan fingerprint density at radius 2 is 2.00 bits per heavy atom. The Morgan fingerprint density at radius 3 is 2.76 bits per heavy atom. The number of aryl methyl sites for hydroxylation is 1. The largest absolute Gasteiger partial charge is 0.361 e. The van der Waals surface area contributed by atoms with Crippen molar-refractivity contribution in [1.82, 2.24) is 25.1 Å². The summed E-state index contributed by atoms with van der Waals surface area (Å²) in [6.45, 7) is 0.408. The van der Waals surface area contributed by atoms with E-state index in [0.717, 1.165) is 27.9 Å². The SMILES string of the molecule is Cn1ccc(CNC(=O)c2ccc(-c3nccc4[nH]ccc34)cc2)n1. The number of aromatic amines is 1. The molecule has 0 saturated carbocycles. The third kappa shape index (κ3) is 3.01. The lowest BCUT2D eigenvalue weighted by Gasteiger charge is -2.06. The fourth-order valence-electron chi connectivity index (χ4n) is 2.82. The molecule has 0 atom stereocenters. The van der Waals surface area contributed by atoms with Crippen molar-refractivity contribution < 1.29 is 4.79 Å². The van der Waals surface area contributed by atoms with Gasteiger partial charge in [-0.05, 0) is 30.3 Å². The number of fused-ring (bicyclic) bond motifs is 1. The Hall–Kier alpha value is -3.41. The summed E-state index contributed by atoms with van der Waals surface area (Å²) in [5.74, 6) is -0.120. The van der Waals surface area contributed by atoms with Crippen LogP contribution in [0.1, 0.15) is 16.1 Å². The van der Waals surface area contributed by atoms with E-state index in [9.17, 15) is 4.79 Å². The second-order valence-electron chi connectivity index (χ2n) is 5.84. The van der Waals surface area contributed by atoms with E-state index in [1.54, 1.807) is 10.9 Å². The number of hydrogen-bond donors (Lipinski definition) is 2. The number of benzene rings is 1. The van der Waals surface area contributed by atoms with Gasteiger partial charge in [0.15, 0.2) is 0 Å². The lowest BCUT2D eigenvalue weighted by atomic mass is 10.1. The Bertz CT molecular complexity index is 1030. The summed E-state index contributed by atoms with van der Waals surface area (Å²) >= 11 is 0. The zero-order valence-electron chi connectivity index (χ0n) is 13.7. The van der Waals surface area contributed by atoms with Crippen LogP contribution in [0.25, 0.3) is 22.2 Å². The van der Waals surface area contributed by atoms with Gasteiger partial charge in [-0.15, -0.1) is 0 Å². The van der Waals surface area contributed by atoms with Gasteiger partial charge in [0.1, 0.15) is 0 Å². The molecule has 3 heterocycles. The summed E-state index contributed by atoms with van der Waals surface area (Å²) in [5.41, 5.74) is 4.37. The monoisotopic (exact) mass is 331 g/mol. The molecule has 1 amide bonds. The highest BCUT2D eigenvalue weighted by Crippen LogP contribution is 2.25. The van der Waals surface area contributed by atoms with E-state index in [-0.39, 0.29) is 5.91 Å². The zero-order chi connectivity index (χ0) is 17.2. The summed E-state index contributed by atoms with van der Waals surface area (Å²) in [5, 5.41) is 8.19. The van der Waals surface area contributed by atoms with Crippen molar-refractivity contribution in [3.63, 3.8) is 0 Å². The number of amides is 1. The molecule has 0 spiro atoms. The molecule has 4 aromatic rings. The van der Waals surface area contributed by atoms with Crippen LogP contribution in [0.5, 0.6) is 0 Å². The molecule has 25 heavy (non-hydrogen) atoms. The molecule has 0 radical (unpaired) electrons. The second kappa shape index (κ2) is 6.24. The minimum absolute atomic E-state index is 0.120. The molecular formula is C19H17N5O.